The van der Waals surface area contributed by atoms with Crippen LogP contribution in [-0.4, -0.2) is 5.71 Å². The molecule has 0 aromatic carbocycles. The van der Waals surface area contributed by atoms with E-state index in [9.17, 15) is 0 Å². The Kier molecular flexibility index (Phi) is 4.23. The van der Waals surface area contributed by atoms with Crippen molar-refractivity contribution in [3.8, 4) is 0 Å². The largest absolute Gasteiger partial charge is 0.267 e. The van der Waals surface area contributed by atoms with Gasteiger partial charge in [-0.15, -0.1) is 0 Å². The van der Waals surface area contributed by atoms with Gasteiger partial charge >= 0.3 is 0 Å². The van der Waals surface area contributed by atoms with E-state index in [1.165, 1.54) is 0 Å². The van der Waals surface area contributed by atoms with E-state index in [0.717, 1.165) is 12.1 Å². The van der Waals surface area contributed by atoms with Gasteiger partial charge in [-0.3, -0.25) is 4.99 Å². The second-order valence-corrected chi connectivity index (χ2v) is 1.87. The number of hydrogen-bond acceptors (Lipinski definition) is 1. The summed E-state index contributed by atoms with van der Waals surface area (Å²) in [4.78, 5) is 4.05. The molecule has 0 rings (SSSR count). The monoisotopic (exact) mass is 111 g/mol. The standard InChI is InChI=1S/C7H13N/c1-4-5-6-8-7(2)3/h5-6H,4H2,1-3H3. The second-order valence-electron chi connectivity index (χ2n) is 1.87. The molecule has 0 aromatic rings. The average molecular weight is 111 g/mol. The summed E-state index contributed by atoms with van der Waals surface area (Å²) in [5, 5.41) is 0. The summed E-state index contributed by atoms with van der Waals surface area (Å²) >= 11 is 0. The number of nitrogens with zero attached hydrogens (tertiary/aromatic N) is 1. The summed E-state index contributed by atoms with van der Waals surface area (Å²) in [6, 6.07) is 0. The zero-order chi connectivity index (χ0) is 6.41. The van der Waals surface area contributed by atoms with Crippen molar-refractivity contribution < 1.29 is 0 Å². The molecular weight excluding hydrogens is 98.1 g/mol. The van der Waals surface area contributed by atoms with Gasteiger partial charge in [0.05, 0.1) is 0 Å². The van der Waals surface area contributed by atoms with Crippen molar-refractivity contribution in [2.75, 3.05) is 0 Å². The lowest BCUT2D eigenvalue weighted by atomic mass is 10.4. The second kappa shape index (κ2) is 4.57. The third-order valence-corrected chi connectivity index (χ3v) is 0.674. The van der Waals surface area contributed by atoms with Crippen LogP contribution in [0.4, 0.5) is 0 Å². The maximum absolute atomic E-state index is 4.05. The molecule has 0 saturated heterocycles. The van der Waals surface area contributed by atoms with Gasteiger partial charge in [-0.25, -0.2) is 0 Å². The van der Waals surface area contributed by atoms with Gasteiger partial charge in [0.2, 0.25) is 0 Å². The van der Waals surface area contributed by atoms with E-state index in [-0.39, 0.29) is 0 Å². The summed E-state index contributed by atoms with van der Waals surface area (Å²) in [6.45, 7) is 6.07. The molecule has 0 aliphatic rings. The van der Waals surface area contributed by atoms with E-state index in [1.807, 2.05) is 26.1 Å². The summed E-state index contributed by atoms with van der Waals surface area (Å²) in [5.41, 5.74) is 1.11. The van der Waals surface area contributed by atoms with Crippen LogP contribution < -0.4 is 0 Å². The van der Waals surface area contributed by atoms with Crippen molar-refractivity contribution in [2.24, 2.45) is 4.99 Å². The summed E-state index contributed by atoms with van der Waals surface area (Å²) in [7, 11) is 0. The van der Waals surface area contributed by atoms with Gasteiger partial charge in [-0.05, 0) is 20.3 Å². The van der Waals surface area contributed by atoms with Crippen LogP contribution >= 0.6 is 0 Å². The summed E-state index contributed by atoms with van der Waals surface area (Å²) in [5.74, 6) is 0. The molecule has 0 fully saturated rings. The molecule has 0 amide bonds. The maximum Gasteiger partial charge on any atom is 0.0226 e. The van der Waals surface area contributed by atoms with Crippen LogP contribution in [0.2, 0.25) is 0 Å². The number of hydrogen-bond donors (Lipinski definition) is 0. The average Bonchev–Trinajstić information content (AvgIpc) is 1.66. The highest BCUT2D eigenvalue weighted by Gasteiger charge is 1.68. The van der Waals surface area contributed by atoms with Gasteiger partial charge in [-0.1, -0.05) is 13.0 Å². The first kappa shape index (κ1) is 7.41. The predicted octanol–water partition coefficient (Wildman–Crippen LogP) is 2.39. The van der Waals surface area contributed by atoms with Gasteiger partial charge in [0.25, 0.3) is 0 Å². The van der Waals surface area contributed by atoms with Crippen LogP contribution in [-0.2, 0) is 0 Å². The van der Waals surface area contributed by atoms with Crippen LogP contribution in [0.25, 0.3) is 0 Å². The molecule has 0 unspecified atom stereocenters. The van der Waals surface area contributed by atoms with Crippen molar-refractivity contribution in [2.45, 2.75) is 27.2 Å². The third kappa shape index (κ3) is 5.41. The van der Waals surface area contributed by atoms with Crippen molar-refractivity contribution in [1.29, 1.82) is 0 Å². The molecule has 0 bridgehead atoms. The summed E-state index contributed by atoms with van der Waals surface area (Å²) < 4.78 is 0. The van der Waals surface area contributed by atoms with E-state index in [2.05, 4.69) is 11.9 Å². The highest BCUT2D eigenvalue weighted by molar-refractivity contribution is 5.79. The molecule has 0 aliphatic carbocycles. The minimum Gasteiger partial charge on any atom is -0.267 e. The first-order chi connectivity index (χ1) is 3.77. The fourth-order valence-corrected chi connectivity index (χ4v) is 0.307. The molecule has 0 saturated carbocycles. The lowest BCUT2D eigenvalue weighted by Crippen LogP contribution is -1.74. The first-order valence-corrected chi connectivity index (χ1v) is 2.93. The SMILES string of the molecule is CCC=CN=C(C)C. The Labute approximate surface area is 51.1 Å². The highest BCUT2D eigenvalue weighted by atomic mass is 14.7. The molecule has 1 heteroatoms. The third-order valence-electron chi connectivity index (χ3n) is 0.674. The van der Waals surface area contributed by atoms with Crippen LogP contribution in [0, 0.1) is 0 Å². The molecule has 8 heavy (non-hydrogen) atoms. The number of aliphatic imine (C=N–C) groups is 1. The van der Waals surface area contributed by atoms with E-state index >= 15 is 0 Å². The quantitative estimate of drug-likeness (QED) is 0.485. The molecule has 0 radical (unpaired) electrons. The zero-order valence-electron chi connectivity index (χ0n) is 5.81. The predicted molar refractivity (Wildman–Crippen MR) is 38.2 cm³/mol. The van der Waals surface area contributed by atoms with Gasteiger partial charge < -0.3 is 0 Å². The minimum absolute atomic E-state index is 1.07. The molecule has 0 aromatic heterocycles. The smallest absolute Gasteiger partial charge is 0.0226 e. The lowest BCUT2D eigenvalue weighted by Gasteiger charge is -1.80. The van der Waals surface area contributed by atoms with Gasteiger partial charge in [0.15, 0.2) is 0 Å². The Bertz CT molecular complexity index is 97.0. The van der Waals surface area contributed by atoms with E-state index in [0.29, 0.717) is 0 Å². The molecule has 0 aliphatic heterocycles. The Balaban J connectivity index is 3.42. The molecule has 0 spiro atoms. The lowest BCUT2D eigenvalue weighted by molar-refractivity contribution is 1.21. The Morgan fingerprint density at radius 2 is 2.12 bits per heavy atom. The molecule has 1 nitrogen and oxygen atoms in total. The van der Waals surface area contributed by atoms with Crippen molar-refractivity contribution in [1.82, 2.24) is 0 Å². The Morgan fingerprint density at radius 1 is 1.50 bits per heavy atom. The molecule has 0 heterocycles. The first-order valence-electron chi connectivity index (χ1n) is 2.93. The fourth-order valence-electron chi connectivity index (χ4n) is 0.307. The topological polar surface area (TPSA) is 12.4 Å². The maximum atomic E-state index is 4.05. The summed E-state index contributed by atoms with van der Waals surface area (Å²) in [6.07, 6.45) is 4.94. The molecule has 0 atom stereocenters. The molecule has 46 valence electrons. The van der Waals surface area contributed by atoms with E-state index < -0.39 is 0 Å². The number of rotatable bonds is 2. The van der Waals surface area contributed by atoms with Crippen LogP contribution in [0.5, 0.6) is 0 Å². The highest BCUT2D eigenvalue weighted by Crippen LogP contribution is 1.81. The van der Waals surface area contributed by atoms with Gasteiger partial charge in [-0.2, -0.15) is 0 Å². The van der Waals surface area contributed by atoms with Crippen molar-refractivity contribution in [3.05, 3.63) is 12.3 Å². The normalized spacial score (nSPS) is 9.88. The fraction of sp³-hybridized carbons (Fsp3) is 0.571. The molecule has 0 N–H and O–H groups in total. The van der Waals surface area contributed by atoms with E-state index in [4.69, 9.17) is 0 Å². The minimum atomic E-state index is 1.07. The number of allylic oxidation sites excluding steroid dienone is 1. The van der Waals surface area contributed by atoms with Crippen molar-refractivity contribution >= 4 is 5.71 Å². The van der Waals surface area contributed by atoms with E-state index in [1.54, 1.807) is 0 Å². The Hall–Kier alpha value is -0.590. The van der Waals surface area contributed by atoms with Gasteiger partial charge in [0.1, 0.15) is 0 Å². The molecular formula is C7H13N. The van der Waals surface area contributed by atoms with Crippen LogP contribution in [0.1, 0.15) is 27.2 Å². The van der Waals surface area contributed by atoms with Crippen LogP contribution in [0.3, 0.4) is 0 Å². The van der Waals surface area contributed by atoms with Crippen molar-refractivity contribution in [3.63, 3.8) is 0 Å². The van der Waals surface area contributed by atoms with Crippen LogP contribution in [0.15, 0.2) is 17.3 Å². The zero-order valence-corrected chi connectivity index (χ0v) is 5.81. The van der Waals surface area contributed by atoms with Gasteiger partial charge in [0, 0.05) is 11.9 Å². The Morgan fingerprint density at radius 3 is 2.50 bits per heavy atom.